The fourth-order valence-corrected chi connectivity index (χ4v) is 2.64. The Morgan fingerprint density at radius 2 is 1.58 bits per heavy atom. The SMILES string of the molecule is C=CC(=O)N1CCC(C(=O)N2C[C@@H](F)[C@@H](F)C2)CC1. The van der Waals surface area contributed by atoms with Crippen molar-refractivity contribution in [2.24, 2.45) is 5.92 Å². The van der Waals surface area contributed by atoms with Crippen molar-refractivity contribution >= 4 is 11.8 Å². The summed E-state index contributed by atoms with van der Waals surface area (Å²) < 4.78 is 26.2. The van der Waals surface area contributed by atoms with E-state index in [1.165, 1.54) is 11.0 Å². The highest BCUT2D eigenvalue weighted by molar-refractivity contribution is 5.87. The van der Waals surface area contributed by atoms with Crippen molar-refractivity contribution in [3.05, 3.63) is 12.7 Å². The summed E-state index contributed by atoms with van der Waals surface area (Å²) in [7, 11) is 0. The fraction of sp³-hybridized carbons (Fsp3) is 0.692. The molecule has 19 heavy (non-hydrogen) atoms. The second kappa shape index (κ2) is 5.67. The summed E-state index contributed by atoms with van der Waals surface area (Å²) in [6, 6.07) is 0. The van der Waals surface area contributed by atoms with E-state index in [9.17, 15) is 18.4 Å². The first-order valence-corrected chi connectivity index (χ1v) is 6.51. The first-order chi connectivity index (χ1) is 9.02. The summed E-state index contributed by atoms with van der Waals surface area (Å²) in [5.41, 5.74) is 0. The maximum absolute atomic E-state index is 13.1. The lowest BCUT2D eigenvalue weighted by Crippen LogP contribution is -2.43. The van der Waals surface area contributed by atoms with Crippen LogP contribution in [0.15, 0.2) is 12.7 Å². The van der Waals surface area contributed by atoms with Crippen LogP contribution in [-0.2, 0) is 9.59 Å². The van der Waals surface area contributed by atoms with E-state index < -0.39 is 12.3 Å². The Kier molecular flexibility index (Phi) is 4.17. The molecule has 106 valence electrons. The first kappa shape index (κ1) is 14.0. The van der Waals surface area contributed by atoms with Crippen molar-refractivity contribution in [1.82, 2.24) is 9.80 Å². The molecule has 0 spiro atoms. The number of carbonyl (C=O) groups excluding carboxylic acids is 2. The second-order valence-electron chi connectivity index (χ2n) is 5.08. The van der Waals surface area contributed by atoms with E-state index in [1.54, 1.807) is 4.90 Å². The zero-order chi connectivity index (χ0) is 14.0. The quantitative estimate of drug-likeness (QED) is 0.702. The topological polar surface area (TPSA) is 40.6 Å². The summed E-state index contributed by atoms with van der Waals surface area (Å²) in [5.74, 6) is -0.556. The van der Waals surface area contributed by atoms with Crippen LogP contribution in [0.1, 0.15) is 12.8 Å². The van der Waals surface area contributed by atoms with E-state index in [4.69, 9.17) is 0 Å². The van der Waals surface area contributed by atoms with Crippen LogP contribution in [0.2, 0.25) is 0 Å². The Bertz CT molecular complexity index is 371. The lowest BCUT2D eigenvalue weighted by Gasteiger charge is -2.32. The highest BCUT2D eigenvalue weighted by atomic mass is 19.2. The predicted molar refractivity (Wildman–Crippen MR) is 65.9 cm³/mol. The molecule has 0 aromatic carbocycles. The highest BCUT2D eigenvalue weighted by Crippen LogP contribution is 2.24. The molecular formula is C13H18F2N2O2. The van der Waals surface area contributed by atoms with Gasteiger partial charge in [0.15, 0.2) is 12.3 Å². The van der Waals surface area contributed by atoms with Crippen LogP contribution in [0.5, 0.6) is 0 Å². The minimum absolute atomic E-state index is 0.139. The molecule has 2 aliphatic rings. The summed E-state index contributed by atoms with van der Waals surface area (Å²) in [6.45, 7) is 4.11. The third-order valence-electron chi connectivity index (χ3n) is 3.82. The van der Waals surface area contributed by atoms with Gasteiger partial charge in [0.1, 0.15) is 0 Å². The van der Waals surface area contributed by atoms with Crippen LogP contribution in [-0.4, -0.2) is 60.1 Å². The average molecular weight is 272 g/mol. The van der Waals surface area contributed by atoms with Crippen LogP contribution < -0.4 is 0 Å². The Morgan fingerprint density at radius 1 is 1.05 bits per heavy atom. The largest absolute Gasteiger partial charge is 0.339 e. The first-order valence-electron chi connectivity index (χ1n) is 6.51. The molecule has 2 heterocycles. The van der Waals surface area contributed by atoms with Gasteiger partial charge < -0.3 is 9.80 Å². The molecule has 0 aliphatic carbocycles. The molecule has 0 N–H and O–H groups in total. The monoisotopic (exact) mass is 272 g/mol. The molecule has 4 nitrogen and oxygen atoms in total. The van der Waals surface area contributed by atoms with Crippen molar-refractivity contribution in [3.8, 4) is 0 Å². The van der Waals surface area contributed by atoms with Crippen LogP contribution in [0.3, 0.4) is 0 Å². The van der Waals surface area contributed by atoms with E-state index >= 15 is 0 Å². The number of halogens is 2. The normalized spacial score (nSPS) is 28.5. The van der Waals surface area contributed by atoms with Gasteiger partial charge in [-0.3, -0.25) is 9.59 Å². The number of nitrogens with zero attached hydrogens (tertiary/aromatic N) is 2. The number of amides is 2. The number of rotatable bonds is 2. The minimum atomic E-state index is -1.56. The van der Waals surface area contributed by atoms with E-state index in [0.29, 0.717) is 25.9 Å². The molecule has 2 fully saturated rings. The van der Waals surface area contributed by atoms with Gasteiger partial charge in [-0.05, 0) is 18.9 Å². The Labute approximate surface area is 111 Å². The third-order valence-corrected chi connectivity index (χ3v) is 3.82. The summed E-state index contributed by atoms with van der Waals surface area (Å²) in [4.78, 5) is 26.4. The molecule has 2 aliphatic heterocycles. The zero-order valence-electron chi connectivity index (χ0n) is 10.7. The van der Waals surface area contributed by atoms with E-state index in [-0.39, 0.29) is 30.8 Å². The maximum Gasteiger partial charge on any atom is 0.245 e. The molecule has 0 saturated carbocycles. The molecule has 0 aromatic rings. The molecule has 0 radical (unpaired) electrons. The van der Waals surface area contributed by atoms with Gasteiger partial charge in [0, 0.05) is 19.0 Å². The lowest BCUT2D eigenvalue weighted by atomic mass is 9.95. The number of alkyl halides is 2. The van der Waals surface area contributed by atoms with Gasteiger partial charge in [-0.2, -0.15) is 0 Å². The lowest BCUT2D eigenvalue weighted by molar-refractivity contribution is -0.138. The highest BCUT2D eigenvalue weighted by Gasteiger charge is 2.38. The molecule has 2 saturated heterocycles. The summed E-state index contributed by atoms with van der Waals surface area (Å²) in [5, 5.41) is 0. The second-order valence-corrected chi connectivity index (χ2v) is 5.08. The standard InChI is InChI=1S/C13H18F2N2O2/c1-2-12(18)16-5-3-9(4-6-16)13(19)17-7-10(14)11(15)8-17/h2,9-11H,1,3-8H2/t10-,11+. The molecular weight excluding hydrogens is 254 g/mol. The van der Waals surface area contributed by atoms with Crippen molar-refractivity contribution in [2.75, 3.05) is 26.2 Å². The van der Waals surface area contributed by atoms with E-state index in [0.717, 1.165) is 0 Å². The molecule has 0 aromatic heterocycles. The van der Waals surface area contributed by atoms with E-state index in [2.05, 4.69) is 6.58 Å². The van der Waals surface area contributed by atoms with Crippen LogP contribution in [0.4, 0.5) is 8.78 Å². The van der Waals surface area contributed by atoms with Gasteiger partial charge in [0.2, 0.25) is 11.8 Å². The van der Waals surface area contributed by atoms with Gasteiger partial charge in [-0.15, -0.1) is 0 Å². The smallest absolute Gasteiger partial charge is 0.245 e. The van der Waals surface area contributed by atoms with Gasteiger partial charge >= 0.3 is 0 Å². The Balaban J connectivity index is 1.86. The zero-order valence-corrected chi connectivity index (χ0v) is 10.7. The van der Waals surface area contributed by atoms with Crippen LogP contribution in [0, 0.1) is 5.92 Å². The number of likely N-dealkylation sites (tertiary alicyclic amines) is 2. The van der Waals surface area contributed by atoms with Crippen molar-refractivity contribution < 1.29 is 18.4 Å². The van der Waals surface area contributed by atoms with Crippen LogP contribution in [0.25, 0.3) is 0 Å². The molecule has 2 atom stereocenters. The average Bonchev–Trinajstić information content (AvgIpc) is 2.77. The van der Waals surface area contributed by atoms with E-state index in [1.807, 2.05) is 0 Å². The molecule has 0 bridgehead atoms. The number of hydrogen-bond acceptors (Lipinski definition) is 2. The summed E-state index contributed by atoms with van der Waals surface area (Å²) >= 11 is 0. The van der Waals surface area contributed by atoms with Gasteiger partial charge in [-0.1, -0.05) is 6.58 Å². The Morgan fingerprint density at radius 3 is 2.05 bits per heavy atom. The van der Waals surface area contributed by atoms with Gasteiger partial charge in [0.25, 0.3) is 0 Å². The Hall–Kier alpha value is -1.46. The number of hydrogen-bond donors (Lipinski definition) is 0. The fourth-order valence-electron chi connectivity index (χ4n) is 2.64. The summed E-state index contributed by atoms with van der Waals surface area (Å²) in [6.07, 6.45) is -0.784. The van der Waals surface area contributed by atoms with Crippen molar-refractivity contribution in [1.29, 1.82) is 0 Å². The van der Waals surface area contributed by atoms with Crippen LogP contribution >= 0.6 is 0 Å². The van der Waals surface area contributed by atoms with Gasteiger partial charge in [-0.25, -0.2) is 8.78 Å². The maximum atomic E-state index is 13.1. The molecule has 2 rings (SSSR count). The molecule has 0 unspecified atom stereocenters. The third kappa shape index (κ3) is 2.93. The van der Waals surface area contributed by atoms with Gasteiger partial charge in [0.05, 0.1) is 13.1 Å². The number of carbonyl (C=O) groups is 2. The van der Waals surface area contributed by atoms with Crippen molar-refractivity contribution in [2.45, 2.75) is 25.2 Å². The minimum Gasteiger partial charge on any atom is -0.339 e. The molecule has 6 heteroatoms. The predicted octanol–water partition coefficient (Wildman–Crippen LogP) is 0.929. The van der Waals surface area contributed by atoms with Crippen molar-refractivity contribution in [3.63, 3.8) is 0 Å². The number of piperidine rings is 1. The molecule has 2 amide bonds.